The molecule has 2 aliphatic rings. The summed E-state index contributed by atoms with van der Waals surface area (Å²) in [5.74, 6) is 0. The summed E-state index contributed by atoms with van der Waals surface area (Å²) in [4.78, 5) is 0. The Morgan fingerprint density at radius 2 is 2.17 bits per heavy atom. The standard InChI is InChI=1S/C11H16O/c1-11(2)7-9-5-3-4-6-10(9)8-12-11/h5,8H,3-4,6-7H2,1-2H3. The van der Waals surface area contributed by atoms with Crippen LogP contribution in [0, 0.1) is 0 Å². The topological polar surface area (TPSA) is 9.23 Å². The number of hydrogen-bond donors (Lipinski definition) is 0. The molecule has 0 radical (unpaired) electrons. The van der Waals surface area contributed by atoms with Crippen LogP contribution in [0.5, 0.6) is 0 Å². The van der Waals surface area contributed by atoms with Crippen LogP contribution in [0.1, 0.15) is 39.5 Å². The van der Waals surface area contributed by atoms with E-state index in [1.807, 2.05) is 6.26 Å². The summed E-state index contributed by atoms with van der Waals surface area (Å²) in [5, 5.41) is 0. The van der Waals surface area contributed by atoms with Gasteiger partial charge in [-0.25, -0.2) is 0 Å². The van der Waals surface area contributed by atoms with E-state index in [9.17, 15) is 0 Å². The highest BCUT2D eigenvalue weighted by atomic mass is 16.5. The number of fused-ring (bicyclic) bond motifs is 1. The molecule has 0 aromatic rings. The molecule has 0 unspecified atom stereocenters. The molecule has 1 aliphatic carbocycles. The van der Waals surface area contributed by atoms with Gasteiger partial charge in [0.2, 0.25) is 0 Å². The monoisotopic (exact) mass is 164 g/mol. The van der Waals surface area contributed by atoms with Gasteiger partial charge in [0, 0.05) is 6.42 Å². The van der Waals surface area contributed by atoms with Crippen LogP contribution in [0.4, 0.5) is 0 Å². The lowest BCUT2D eigenvalue weighted by atomic mass is 9.85. The molecule has 0 saturated carbocycles. The van der Waals surface area contributed by atoms with E-state index < -0.39 is 0 Å². The lowest BCUT2D eigenvalue weighted by Gasteiger charge is -2.33. The molecule has 1 aliphatic heterocycles. The van der Waals surface area contributed by atoms with E-state index in [2.05, 4.69) is 19.9 Å². The van der Waals surface area contributed by atoms with E-state index in [4.69, 9.17) is 4.74 Å². The van der Waals surface area contributed by atoms with E-state index in [-0.39, 0.29) is 5.60 Å². The van der Waals surface area contributed by atoms with E-state index in [1.54, 1.807) is 0 Å². The maximum atomic E-state index is 5.63. The molecule has 2 rings (SSSR count). The molecule has 0 spiro atoms. The number of rotatable bonds is 0. The Labute approximate surface area is 74.1 Å². The third-order valence-electron chi connectivity index (χ3n) is 2.59. The molecule has 66 valence electrons. The first-order valence-electron chi connectivity index (χ1n) is 4.74. The third kappa shape index (κ3) is 1.40. The fourth-order valence-corrected chi connectivity index (χ4v) is 1.91. The van der Waals surface area contributed by atoms with Crippen molar-refractivity contribution in [3.8, 4) is 0 Å². The molecule has 12 heavy (non-hydrogen) atoms. The third-order valence-corrected chi connectivity index (χ3v) is 2.59. The minimum Gasteiger partial charge on any atom is -0.495 e. The summed E-state index contributed by atoms with van der Waals surface area (Å²) >= 11 is 0. The van der Waals surface area contributed by atoms with Crippen molar-refractivity contribution in [1.29, 1.82) is 0 Å². The Morgan fingerprint density at radius 3 is 3.00 bits per heavy atom. The number of ether oxygens (including phenoxy) is 1. The van der Waals surface area contributed by atoms with Crippen LogP contribution >= 0.6 is 0 Å². The van der Waals surface area contributed by atoms with Crippen LogP contribution in [0.15, 0.2) is 23.5 Å². The smallest absolute Gasteiger partial charge is 0.107 e. The minimum atomic E-state index is 0.0205. The highest BCUT2D eigenvalue weighted by molar-refractivity contribution is 5.35. The molecule has 1 heteroatoms. The Hall–Kier alpha value is -0.720. The predicted molar refractivity (Wildman–Crippen MR) is 49.8 cm³/mol. The first-order valence-corrected chi connectivity index (χ1v) is 4.74. The summed E-state index contributed by atoms with van der Waals surface area (Å²) in [5.41, 5.74) is 2.98. The second-order valence-corrected chi connectivity index (χ2v) is 4.32. The molecule has 1 heterocycles. The summed E-state index contributed by atoms with van der Waals surface area (Å²) in [6.45, 7) is 4.30. The van der Waals surface area contributed by atoms with E-state index in [0.29, 0.717) is 0 Å². The molecule has 0 saturated heterocycles. The first-order chi connectivity index (χ1) is 5.67. The summed E-state index contributed by atoms with van der Waals surface area (Å²) in [6, 6.07) is 0. The summed E-state index contributed by atoms with van der Waals surface area (Å²) in [7, 11) is 0. The van der Waals surface area contributed by atoms with E-state index in [0.717, 1.165) is 6.42 Å². The second-order valence-electron chi connectivity index (χ2n) is 4.32. The van der Waals surface area contributed by atoms with Crippen LogP contribution in [0.3, 0.4) is 0 Å². The second kappa shape index (κ2) is 2.65. The predicted octanol–water partition coefficient (Wildman–Crippen LogP) is 3.18. The molecule has 0 aromatic heterocycles. The fraction of sp³-hybridized carbons (Fsp3) is 0.636. The van der Waals surface area contributed by atoms with Crippen molar-refractivity contribution in [3.05, 3.63) is 23.5 Å². The average Bonchev–Trinajstić information content (AvgIpc) is 2.02. The van der Waals surface area contributed by atoms with Gasteiger partial charge in [-0.2, -0.15) is 0 Å². The highest BCUT2D eigenvalue weighted by Gasteiger charge is 2.27. The van der Waals surface area contributed by atoms with Crippen molar-refractivity contribution < 1.29 is 4.74 Å². The molecule has 1 nitrogen and oxygen atoms in total. The number of hydrogen-bond acceptors (Lipinski definition) is 1. The van der Waals surface area contributed by atoms with Gasteiger partial charge in [0.15, 0.2) is 0 Å². The van der Waals surface area contributed by atoms with Crippen LogP contribution in [0.25, 0.3) is 0 Å². The lowest BCUT2D eigenvalue weighted by Crippen LogP contribution is -2.27. The number of allylic oxidation sites excluding steroid dienone is 2. The van der Waals surface area contributed by atoms with Crippen molar-refractivity contribution in [2.45, 2.75) is 45.1 Å². The van der Waals surface area contributed by atoms with Gasteiger partial charge in [-0.3, -0.25) is 0 Å². The van der Waals surface area contributed by atoms with Gasteiger partial charge in [-0.1, -0.05) is 6.08 Å². The molecule has 0 N–H and O–H groups in total. The molecule has 0 bridgehead atoms. The Morgan fingerprint density at radius 1 is 1.33 bits per heavy atom. The molecule has 0 fully saturated rings. The molecular weight excluding hydrogens is 148 g/mol. The summed E-state index contributed by atoms with van der Waals surface area (Å²) in [6.07, 6.45) is 9.18. The van der Waals surface area contributed by atoms with Crippen LogP contribution in [-0.2, 0) is 4.74 Å². The lowest BCUT2D eigenvalue weighted by molar-refractivity contribution is 0.0478. The van der Waals surface area contributed by atoms with Gasteiger partial charge < -0.3 is 4.74 Å². The van der Waals surface area contributed by atoms with Gasteiger partial charge in [0.05, 0.1) is 6.26 Å². The Kier molecular flexibility index (Phi) is 1.75. The molecule has 0 atom stereocenters. The first kappa shape index (κ1) is 7.90. The Balaban J connectivity index is 2.26. The van der Waals surface area contributed by atoms with Gasteiger partial charge in [-0.15, -0.1) is 0 Å². The van der Waals surface area contributed by atoms with Gasteiger partial charge in [0.25, 0.3) is 0 Å². The molecule has 0 aromatic carbocycles. The van der Waals surface area contributed by atoms with Crippen LogP contribution in [0.2, 0.25) is 0 Å². The van der Waals surface area contributed by atoms with Crippen molar-refractivity contribution in [2.24, 2.45) is 0 Å². The van der Waals surface area contributed by atoms with E-state index in [1.165, 1.54) is 30.4 Å². The quantitative estimate of drug-likeness (QED) is 0.534. The van der Waals surface area contributed by atoms with Crippen LogP contribution < -0.4 is 0 Å². The zero-order chi connectivity index (χ0) is 8.60. The van der Waals surface area contributed by atoms with Gasteiger partial charge >= 0.3 is 0 Å². The normalized spacial score (nSPS) is 26.5. The zero-order valence-corrected chi connectivity index (χ0v) is 7.89. The highest BCUT2D eigenvalue weighted by Crippen LogP contribution is 2.36. The van der Waals surface area contributed by atoms with Gasteiger partial charge in [-0.05, 0) is 44.3 Å². The average molecular weight is 164 g/mol. The van der Waals surface area contributed by atoms with Crippen molar-refractivity contribution >= 4 is 0 Å². The van der Waals surface area contributed by atoms with Crippen molar-refractivity contribution in [3.63, 3.8) is 0 Å². The molecular formula is C11H16O. The van der Waals surface area contributed by atoms with Crippen LogP contribution in [-0.4, -0.2) is 5.60 Å². The van der Waals surface area contributed by atoms with Gasteiger partial charge in [0.1, 0.15) is 5.60 Å². The Bertz CT molecular complexity index is 246. The zero-order valence-electron chi connectivity index (χ0n) is 7.89. The van der Waals surface area contributed by atoms with Crippen molar-refractivity contribution in [2.75, 3.05) is 0 Å². The maximum absolute atomic E-state index is 5.63. The largest absolute Gasteiger partial charge is 0.495 e. The minimum absolute atomic E-state index is 0.0205. The van der Waals surface area contributed by atoms with E-state index >= 15 is 0 Å². The van der Waals surface area contributed by atoms with Crippen molar-refractivity contribution in [1.82, 2.24) is 0 Å². The maximum Gasteiger partial charge on any atom is 0.107 e. The molecule has 0 amide bonds. The fourth-order valence-electron chi connectivity index (χ4n) is 1.91. The summed E-state index contributed by atoms with van der Waals surface area (Å²) < 4.78 is 5.63. The SMILES string of the molecule is CC1(C)CC2=CCCCC2=CO1.